The Morgan fingerprint density at radius 2 is 1.65 bits per heavy atom. The number of rotatable bonds is 5. The number of anilines is 1. The molecule has 2 aromatic heterocycles. The van der Waals surface area contributed by atoms with Crippen molar-refractivity contribution in [1.29, 1.82) is 0 Å². The maximum absolute atomic E-state index is 12.9. The number of nitrogens with zero attached hydrogens (tertiary/aromatic N) is 3. The molecule has 134 valence electrons. The van der Waals surface area contributed by atoms with Crippen molar-refractivity contribution in [3.8, 4) is 0 Å². The van der Waals surface area contributed by atoms with Crippen LogP contribution in [0.15, 0.2) is 77.7 Å². The van der Waals surface area contributed by atoms with Crippen molar-refractivity contribution < 1.29 is 9.21 Å². The molecule has 4 rings (SSSR count). The summed E-state index contributed by atoms with van der Waals surface area (Å²) in [4.78, 5) is 17.2. The Labute approximate surface area is 153 Å². The molecule has 0 saturated carbocycles. The molecule has 1 unspecified atom stereocenters. The van der Waals surface area contributed by atoms with E-state index in [0.29, 0.717) is 6.42 Å². The predicted octanol–water partition coefficient (Wildman–Crippen LogP) is 3.41. The molecule has 26 heavy (non-hydrogen) atoms. The van der Waals surface area contributed by atoms with Crippen molar-refractivity contribution in [2.45, 2.75) is 12.5 Å². The molecule has 1 saturated heterocycles. The standard InChI is InChI=1S/C21H23N3O2/c25-21(17-19(20-9-6-16-26-20)23-10-4-5-11-23)24-14-12-22(13-15-24)18-7-2-1-3-8-18/h1-11,16,19H,12-15,17H2. The van der Waals surface area contributed by atoms with Gasteiger partial charge in [-0.05, 0) is 36.4 Å². The van der Waals surface area contributed by atoms with Gasteiger partial charge < -0.3 is 18.8 Å². The first-order chi connectivity index (χ1) is 12.8. The first kappa shape index (κ1) is 16.5. The molecule has 0 aliphatic carbocycles. The SMILES string of the molecule is O=C(CC(c1ccco1)n1cccc1)N1CCN(c2ccccc2)CC1. The fourth-order valence-corrected chi connectivity index (χ4v) is 3.54. The number of para-hydroxylation sites is 1. The summed E-state index contributed by atoms with van der Waals surface area (Å²) in [6, 6.07) is 18.0. The minimum atomic E-state index is -0.0975. The third-order valence-corrected chi connectivity index (χ3v) is 4.98. The second kappa shape index (κ2) is 7.52. The van der Waals surface area contributed by atoms with E-state index in [1.165, 1.54) is 5.69 Å². The number of carbonyl (C=O) groups is 1. The molecule has 0 N–H and O–H groups in total. The zero-order valence-electron chi connectivity index (χ0n) is 14.7. The van der Waals surface area contributed by atoms with Crippen LogP contribution in [0.25, 0.3) is 0 Å². The van der Waals surface area contributed by atoms with Crippen molar-refractivity contribution in [3.63, 3.8) is 0 Å². The van der Waals surface area contributed by atoms with Crippen LogP contribution in [0.5, 0.6) is 0 Å². The number of amides is 1. The van der Waals surface area contributed by atoms with Crippen LogP contribution in [-0.4, -0.2) is 41.6 Å². The van der Waals surface area contributed by atoms with E-state index in [2.05, 4.69) is 29.2 Å². The minimum Gasteiger partial charge on any atom is -0.467 e. The summed E-state index contributed by atoms with van der Waals surface area (Å²) in [6.07, 6.45) is 6.03. The fourth-order valence-electron chi connectivity index (χ4n) is 3.54. The highest BCUT2D eigenvalue weighted by Crippen LogP contribution is 2.24. The zero-order valence-corrected chi connectivity index (χ0v) is 14.7. The van der Waals surface area contributed by atoms with Crippen molar-refractivity contribution in [2.24, 2.45) is 0 Å². The smallest absolute Gasteiger partial charge is 0.225 e. The van der Waals surface area contributed by atoms with Crippen molar-refractivity contribution >= 4 is 11.6 Å². The number of aromatic nitrogens is 1. The molecular weight excluding hydrogens is 326 g/mol. The number of hydrogen-bond acceptors (Lipinski definition) is 3. The molecule has 1 fully saturated rings. The number of furan rings is 1. The van der Waals surface area contributed by atoms with E-state index in [-0.39, 0.29) is 11.9 Å². The molecule has 0 bridgehead atoms. The lowest BCUT2D eigenvalue weighted by Gasteiger charge is -2.36. The molecule has 0 spiro atoms. The first-order valence-electron chi connectivity index (χ1n) is 9.05. The number of piperazine rings is 1. The Balaban J connectivity index is 1.40. The van der Waals surface area contributed by atoms with Gasteiger partial charge in [0.05, 0.1) is 18.7 Å². The first-order valence-corrected chi connectivity index (χ1v) is 9.05. The number of hydrogen-bond donors (Lipinski definition) is 0. The summed E-state index contributed by atoms with van der Waals surface area (Å²) in [5, 5.41) is 0. The highest BCUT2D eigenvalue weighted by atomic mass is 16.3. The Morgan fingerprint density at radius 3 is 2.31 bits per heavy atom. The summed E-state index contributed by atoms with van der Waals surface area (Å²) in [5.74, 6) is 0.991. The molecule has 5 heteroatoms. The van der Waals surface area contributed by atoms with Crippen LogP contribution in [-0.2, 0) is 4.79 Å². The van der Waals surface area contributed by atoms with Gasteiger partial charge in [-0.15, -0.1) is 0 Å². The van der Waals surface area contributed by atoms with Crippen LogP contribution in [0.1, 0.15) is 18.2 Å². The summed E-state index contributed by atoms with van der Waals surface area (Å²) in [5.41, 5.74) is 1.22. The molecular formula is C21H23N3O2. The van der Waals surface area contributed by atoms with Gasteiger partial charge in [0.15, 0.2) is 0 Å². The zero-order chi connectivity index (χ0) is 17.8. The van der Waals surface area contributed by atoms with Gasteiger partial charge in [0, 0.05) is 44.3 Å². The molecule has 5 nitrogen and oxygen atoms in total. The molecule has 3 heterocycles. The molecule has 3 aromatic rings. The van der Waals surface area contributed by atoms with Crippen molar-refractivity contribution in [2.75, 3.05) is 31.1 Å². The lowest BCUT2D eigenvalue weighted by Crippen LogP contribution is -2.49. The van der Waals surface area contributed by atoms with Gasteiger partial charge in [-0.3, -0.25) is 4.79 Å². The van der Waals surface area contributed by atoms with Crippen LogP contribution in [0, 0.1) is 0 Å². The second-order valence-electron chi connectivity index (χ2n) is 6.57. The van der Waals surface area contributed by atoms with Crippen LogP contribution >= 0.6 is 0 Å². The Kier molecular flexibility index (Phi) is 4.78. The lowest BCUT2D eigenvalue weighted by molar-refractivity contribution is -0.132. The average Bonchev–Trinajstić information content (AvgIpc) is 3.41. The highest BCUT2D eigenvalue weighted by molar-refractivity contribution is 5.77. The van der Waals surface area contributed by atoms with Crippen molar-refractivity contribution in [3.05, 3.63) is 79.0 Å². The van der Waals surface area contributed by atoms with Gasteiger partial charge in [0.25, 0.3) is 0 Å². The van der Waals surface area contributed by atoms with Crippen LogP contribution in [0.4, 0.5) is 5.69 Å². The second-order valence-corrected chi connectivity index (χ2v) is 6.57. The quantitative estimate of drug-likeness (QED) is 0.709. The molecule has 1 aliphatic heterocycles. The Bertz CT molecular complexity index is 770. The van der Waals surface area contributed by atoms with Crippen LogP contribution in [0.2, 0.25) is 0 Å². The van der Waals surface area contributed by atoms with E-state index < -0.39 is 0 Å². The summed E-state index contributed by atoms with van der Waals surface area (Å²) < 4.78 is 7.62. The molecule has 0 radical (unpaired) electrons. The van der Waals surface area contributed by atoms with Crippen LogP contribution in [0.3, 0.4) is 0 Å². The normalized spacial score (nSPS) is 15.8. The molecule has 1 aliphatic rings. The van der Waals surface area contributed by atoms with E-state index in [1.807, 2.05) is 52.2 Å². The monoisotopic (exact) mass is 349 g/mol. The Morgan fingerprint density at radius 1 is 0.923 bits per heavy atom. The fraction of sp³-hybridized carbons (Fsp3) is 0.286. The number of carbonyl (C=O) groups excluding carboxylic acids is 1. The van der Waals surface area contributed by atoms with E-state index in [9.17, 15) is 4.79 Å². The van der Waals surface area contributed by atoms with Crippen molar-refractivity contribution in [1.82, 2.24) is 9.47 Å². The van der Waals surface area contributed by atoms with Gasteiger partial charge in [-0.1, -0.05) is 18.2 Å². The highest BCUT2D eigenvalue weighted by Gasteiger charge is 2.26. The third-order valence-electron chi connectivity index (χ3n) is 4.98. The third kappa shape index (κ3) is 3.52. The summed E-state index contributed by atoms with van der Waals surface area (Å²) >= 11 is 0. The summed E-state index contributed by atoms with van der Waals surface area (Å²) in [7, 11) is 0. The maximum atomic E-state index is 12.9. The molecule has 1 atom stereocenters. The molecule has 1 aromatic carbocycles. The van der Waals surface area contributed by atoms with E-state index in [0.717, 1.165) is 31.9 Å². The van der Waals surface area contributed by atoms with E-state index >= 15 is 0 Å². The van der Waals surface area contributed by atoms with Gasteiger partial charge in [-0.2, -0.15) is 0 Å². The van der Waals surface area contributed by atoms with Gasteiger partial charge >= 0.3 is 0 Å². The maximum Gasteiger partial charge on any atom is 0.225 e. The number of benzene rings is 1. The van der Waals surface area contributed by atoms with Gasteiger partial charge in [-0.25, -0.2) is 0 Å². The predicted molar refractivity (Wildman–Crippen MR) is 101 cm³/mol. The topological polar surface area (TPSA) is 41.6 Å². The van der Waals surface area contributed by atoms with Crippen LogP contribution < -0.4 is 4.90 Å². The van der Waals surface area contributed by atoms with Gasteiger partial charge in [0.1, 0.15) is 5.76 Å². The summed E-state index contributed by atoms with van der Waals surface area (Å²) in [6.45, 7) is 3.24. The van der Waals surface area contributed by atoms with E-state index in [1.54, 1.807) is 6.26 Å². The molecule has 1 amide bonds. The lowest BCUT2D eigenvalue weighted by atomic mass is 10.1. The minimum absolute atomic E-state index is 0.0975. The van der Waals surface area contributed by atoms with Gasteiger partial charge in [0.2, 0.25) is 5.91 Å². The average molecular weight is 349 g/mol. The van der Waals surface area contributed by atoms with E-state index in [4.69, 9.17) is 4.42 Å². The Hall–Kier alpha value is -2.95. The largest absolute Gasteiger partial charge is 0.467 e.